The molecular weight excluding hydrogens is 220 g/mol. The second kappa shape index (κ2) is 6.44. The molecule has 0 aromatic heterocycles. The Labute approximate surface area is 99.1 Å². The fraction of sp³-hybridized carbons (Fsp3) is 0.167. The molecule has 3 amide bonds. The van der Waals surface area contributed by atoms with Gasteiger partial charge >= 0.3 is 6.03 Å². The van der Waals surface area contributed by atoms with Gasteiger partial charge < -0.3 is 10.4 Å². The first kappa shape index (κ1) is 12.9. The monoisotopic (exact) mass is 234 g/mol. The van der Waals surface area contributed by atoms with E-state index in [2.05, 4.69) is 11.9 Å². The zero-order valence-corrected chi connectivity index (χ0v) is 9.27. The minimum atomic E-state index is -0.732. The fourth-order valence-electron chi connectivity index (χ4n) is 1.16. The number of benzene rings is 1. The average Bonchev–Trinajstić information content (AvgIpc) is 2.36. The molecule has 1 rings (SSSR count). The van der Waals surface area contributed by atoms with E-state index in [1.165, 1.54) is 0 Å². The molecular formula is C12H14N2O3. The van der Waals surface area contributed by atoms with Crippen molar-refractivity contribution >= 4 is 18.0 Å². The summed E-state index contributed by atoms with van der Waals surface area (Å²) in [5.74, 6) is -0.732. The maximum atomic E-state index is 11.1. The quantitative estimate of drug-likeness (QED) is 0.715. The van der Waals surface area contributed by atoms with Crippen LogP contribution in [0.1, 0.15) is 11.1 Å². The molecule has 1 aromatic carbocycles. The third-order valence-corrected chi connectivity index (χ3v) is 2.07. The van der Waals surface area contributed by atoms with E-state index in [1.54, 1.807) is 6.08 Å². The van der Waals surface area contributed by atoms with E-state index in [-0.39, 0.29) is 0 Å². The van der Waals surface area contributed by atoms with Gasteiger partial charge in [-0.3, -0.25) is 10.1 Å². The first-order valence-corrected chi connectivity index (χ1v) is 5.05. The molecule has 0 fully saturated rings. The third-order valence-electron chi connectivity index (χ3n) is 2.07. The molecule has 5 nitrogen and oxygen atoms in total. The highest BCUT2D eigenvalue weighted by molar-refractivity contribution is 5.94. The second-order valence-corrected chi connectivity index (χ2v) is 3.33. The van der Waals surface area contributed by atoms with Crippen LogP contribution in [-0.4, -0.2) is 23.7 Å². The van der Waals surface area contributed by atoms with Crippen molar-refractivity contribution in [3.8, 4) is 0 Å². The van der Waals surface area contributed by atoms with Crippen molar-refractivity contribution in [1.29, 1.82) is 0 Å². The number of imide groups is 1. The molecule has 90 valence electrons. The largest absolute Gasteiger partial charge is 0.387 e. The summed E-state index contributed by atoms with van der Waals surface area (Å²) in [5, 5.41) is 12.9. The molecule has 0 saturated carbocycles. The van der Waals surface area contributed by atoms with Crippen LogP contribution in [0, 0.1) is 0 Å². The second-order valence-electron chi connectivity index (χ2n) is 3.33. The highest BCUT2D eigenvalue weighted by atomic mass is 16.3. The number of carbonyl (C=O) groups is 2. The maximum absolute atomic E-state index is 11.1. The highest BCUT2D eigenvalue weighted by Crippen LogP contribution is 2.04. The van der Waals surface area contributed by atoms with Crippen molar-refractivity contribution in [2.75, 3.05) is 6.61 Å². The van der Waals surface area contributed by atoms with Crippen LogP contribution in [0.25, 0.3) is 6.08 Å². The molecule has 1 aromatic rings. The molecule has 0 aliphatic rings. The minimum absolute atomic E-state index is 0.308. The summed E-state index contributed by atoms with van der Waals surface area (Å²) in [6.07, 6.45) is 1.73. The minimum Gasteiger partial charge on any atom is -0.387 e. The molecule has 0 bridgehead atoms. The normalized spacial score (nSPS) is 9.47. The van der Waals surface area contributed by atoms with Crippen LogP contribution < -0.4 is 10.6 Å². The van der Waals surface area contributed by atoms with E-state index in [4.69, 9.17) is 5.11 Å². The Balaban J connectivity index is 2.41. The van der Waals surface area contributed by atoms with E-state index in [0.29, 0.717) is 6.54 Å². The van der Waals surface area contributed by atoms with E-state index >= 15 is 0 Å². The molecule has 0 atom stereocenters. The SMILES string of the molecule is C=Cc1ccc(CNC(=O)NC(=O)CO)cc1. The number of aliphatic hydroxyl groups excluding tert-OH is 1. The summed E-state index contributed by atoms with van der Waals surface area (Å²) in [7, 11) is 0. The molecule has 5 heteroatoms. The molecule has 0 radical (unpaired) electrons. The van der Waals surface area contributed by atoms with E-state index in [9.17, 15) is 9.59 Å². The lowest BCUT2D eigenvalue weighted by Crippen LogP contribution is -2.40. The van der Waals surface area contributed by atoms with E-state index < -0.39 is 18.5 Å². The first-order chi connectivity index (χ1) is 8.15. The third kappa shape index (κ3) is 4.48. The molecule has 3 N–H and O–H groups in total. The Hall–Kier alpha value is -2.14. The van der Waals surface area contributed by atoms with Gasteiger partial charge in [-0.25, -0.2) is 4.79 Å². The molecule has 0 unspecified atom stereocenters. The van der Waals surface area contributed by atoms with Crippen LogP contribution in [0.4, 0.5) is 4.79 Å². The maximum Gasteiger partial charge on any atom is 0.321 e. The van der Waals surface area contributed by atoms with Crippen LogP contribution >= 0.6 is 0 Å². The summed E-state index contributed by atoms with van der Waals surface area (Å²) in [6, 6.07) is 6.83. The van der Waals surface area contributed by atoms with Gasteiger partial charge in [0, 0.05) is 6.54 Å². The standard InChI is InChI=1S/C12H14N2O3/c1-2-9-3-5-10(6-4-9)7-13-12(17)14-11(16)8-15/h2-6,15H,1,7-8H2,(H2,13,14,16,17). The highest BCUT2D eigenvalue weighted by Gasteiger charge is 2.04. The summed E-state index contributed by atoms with van der Waals surface area (Å²) >= 11 is 0. The predicted octanol–water partition coefficient (Wildman–Crippen LogP) is 0.648. The number of aliphatic hydroxyl groups is 1. The summed E-state index contributed by atoms with van der Waals surface area (Å²) in [5.41, 5.74) is 1.90. The van der Waals surface area contributed by atoms with Gasteiger partial charge in [0.25, 0.3) is 5.91 Å². The molecule has 0 spiro atoms. The number of hydrogen-bond acceptors (Lipinski definition) is 3. The van der Waals surface area contributed by atoms with Gasteiger partial charge in [-0.2, -0.15) is 0 Å². The number of carbonyl (C=O) groups excluding carboxylic acids is 2. The van der Waals surface area contributed by atoms with Gasteiger partial charge in [-0.05, 0) is 11.1 Å². The molecule has 17 heavy (non-hydrogen) atoms. The lowest BCUT2D eigenvalue weighted by molar-refractivity contribution is -0.122. The number of rotatable bonds is 4. The Morgan fingerprint density at radius 2 is 1.94 bits per heavy atom. The molecule has 0 saturated heterocycles. The van der Waals surface area contributed by atoms with Crippen molar-refractivity contribution in [3.63, 3.8) is 0 Å². The average molecular weight is 234 g/mol. The summed E-state index contributed by atoms with van der Waals surface area (Å²) in [4.78, 5) is 21.8. The number of urea groups is 1. The van der Waals surface area contributed by atoms with Crippen LogP contribution in [0.5, 0.6) is 0 Å². The van der Waals surface area contributed by atoms with E-state index in [0.717, 1.165) is 11.1 Å². The van der Waals surface area contributed by atoms with Gasteiger partial charge in [0.1, 0.15) is 6.61 Å². The Bertz CT molecular complexity index is 412. The molecule has 0 aliphatic heterocycles. The lowest BCUT2D eigenvalue weighted by atomic mass is 10.1. The van der Waals surface area contributed by atoms with Crippen molar-refractivity contribution in [2.24, 2.45) is 0 Å². The zero-order valence-electron chi connectivity index (χ0n) is 9.27. The number of nitrogens with one attached hydrogen (secondary N) is 2. The van der Waals surface area contributed by atoms with Gasteiger partial charge in [0.15, 0.2) is 0 Å². The van der Waals surface area contributed by atoms with Gasteiger partial charge in [0.2, 0.25) is 0 Å². The lowest BCUT2D eigenvalue weighted by Gasteiger charge is -2.05. The fourth-order valence-corrected chi connectivity index (χ4v) is 1.16. The Morgan fingerprint density at radius 1 is 1.29 bits per heavy atom. The van der Waals surface area contributed by atoms with Crippen LogP contribution in [0.15, 0.2) is 30.8 Å². The molecule has 0 heterocycles. The van der Waals surface area contributed by atoms with Crippen LogP contribution in [0.2, 0.25) is 0 Å². The van der Waals surface area contributed by atoms with Crippen molar-refractivity contribution in [1.82, 2.24) is 10.6 Å². The zero-order chi connectivity index (χ0) is 12.7. The van der Waals surface area contributed by atoms with Crippen LogP contribution in [-0.2, 0) is 11.3 Å². The smallest absolute Gasteiger partial charge is 0.321 e. The van der Waals surface area contributed by atoms with Gasteiger partial charge in [-0.15, -0.1) is 0 Å². The van der Waals surface area contributed by atoms with E-state index in [1.807, 2.05) is 29.6 Å². The Kier molecular flexibility index (Phi) is 4.90. The van der Waals surface area contributed by atoms with Crippen molar-refractivity contribution in [2.45, 2.75) is 6.54 Å². The molecule has 0 aliphatic carbocycles. The van der Waals surface area contributed by atoms with Crippen molar-refractivity contribution in [3.05, 3.63) is 42.0 Å². The topological polar surface area (TPSA) is 78.4 Å². The summed E-state index contributed by atoms with van der Waals surface area (Å²) in [6.45, 7) is 3.24. The number of amides is 3. The first-order valence-electron chi connectivity index (χ1n) is 5.05. The van der Waals surface area contributed by atoms with Crippen molar-refractivity contribution < 1.29 is 14.7 Å². The van der Waals surface area contributed by atoms with Crippen LogP contribution in [0.3, 0.4) is 0 Å². The number of hydrogen-bond donors (Lipinski definition) is 3. The van der Waals surface area contributed by atoms with Gasteiger partial charge in [-0.1, -0.05) is 36.9 Å². The van der Waals surface area contributed by atoms with Gasteiger partial charge in [0.05, 0.1) is 0 Å². The predicted molar refractivity (Wildman–Crippen MR) is 64.0 cm³/mol. The Morgan fingerprint density at radius 3 is 2.47 bits per heavy atom. The summed E-state index contributed by atoms with van der Waals surface area (Å²) < 4.78 is 0.